The van der Waals surface area contributed by atoms with Crippen molar-refractivity contribution in [3.8, 4) is 5.75 Å². The molecule has 1 heterocycles. The van der Waals surface area contributed by atoms with Crippen molar-refractivity contribution in [1.29, 1.82) is 0 Å². The van der Waals surface area contributed by atoms with Crippen LogP contribution in [0.15, 0.2) is 36.7 Å². The van der Waals surface area contributed by atoms with Crippen molar-refractivity contribution in [3.05, 3.63) is 42.4 Å². The van der Waals surface area contributed by atoms with Gasteiger partial charge in [0.15, 0.2) is 11.6 Å². The number of para-hydroxylation sites is 1. The first-order valence-electron chi connectivity index (χ1n) is 4.60. The Morgan fingerprint density at radius 1 is 1.13 bits per heavy atom. The first-order chi connectivity index (χ1) is 7.27. The van der Waals surface area contributed by atoms with Crippen molar-refractivity contribution in [2.75, 3.05) is 5.32 Å². The number of anilines is 2. The zero-order chi connectivity index (χ0) is 10.7. The molecule has 2 aromatic rings. The minimum Gasteiger partial charge on any atom is -0.503 e. The fraction of sp³-hybridized carbons (Fsp3) is 0.0909. The molecule has 0 unspecified atom stereocenters. The van der Waals surface area contributed by atoms with Crippen molar-refractivity contribution in [1.82, 2.24) is 9.97 Å². The van der Waals surface area contributed by atoms with Crippen molar-refractivity contribution in [2.24, 2.45) is 0 Å². The van der Waals surface area contributed by atoms with Gasteiger partial charge in [0.2, 0.25) is 0 Å². The second kappa shape index (κ2) is 3.96. The lowest BCUT2D eigenvalue weighted by molar-refractivity contribution is 0.467. The lowest BCUT2D eigenvalue weighted by atomic mass is 10.3. The van der Waals surface area contributed by atoms with E-state index in [-0.39, 0.29) is 5.75 Å². The molecule has 4 heteroatoms. The maximum Gasteiger partial charge on any atom is 0.180 e. The summed E-state index contributed by atoms with van der Waals surface area (Å²) in [7, 11) is 0. The van der Waals surface area contributed by atoms with Crippen LogP contribution in [0.4, 0.5) is 11.5 Å². The third-order valence-electron chi connectivity index (χ3n) is 2.04. The lowest BCUT2D eigenvalue weighted by Gasteiger charge is -2.07. The first-order valence-corrected chi connectivity index (χ1v) is 4.60. The van der Waals surface area contributed by atoms with Crippen molar-refractivity contribution >= 4 is 11.5 Å². The highest BCUT2D eigenvalue weighted by Gasteiger charge is 2.05. The molecule has 1 aromatic heterocycles. The minimum atomic E-state index is 0.0846. The van der Waals surface area contributed by atoms with Crippen LogP contribution in [0.25, 0.3) is 0 Å². The van der Waals surface area contributed by atoms with Gasteiger partial charge in [-0.2, -0.15) is 0 Å². The summed E-state index contributed by atoms with van der Waals surface area (Å²) in [5, 5.41) is 12.7. The van der Waals surface area contributed by atoms with Crippen molar-refractivity contribution in [3.63, 3.8) is 0 Å². The van der Waals surface area contributed by atoms with Gasteiger partial charge in [-0.15, -0.1) is 0 Å². The summed E-state index contributed by atoms with van der Waals surface area (Å²) in [6.45, 7) is 1.73. The quantitative estimate of drug-likeness (QED) is 0.782. The molecule has 1 aromatic carbocycles. The van der Waals surface area contributed by atoms with E-state index < -0.39 is 0 Å². The molecule has 15 heavy (non-hydrogen) atoms. The van der Waals surface area contributed by atoms with Crippen LogP contribution < -0.4 is 5.32 Å². The third kappa shape index (κ3) is 2.04. The van der Waals surface area contributed by atoms with Gasteiger partial charge in [-0.05, 0) is 19.1 Å². The molecule has 0 atom stereocenters. The van der Waals surface area contributed by atoms with Gasteiger partial charge in [-0.25, -0.2) is 9.97 Å². The number of aromatic nitrogens is 2. The van der Waals surface area contributed by atoms with Gasteiger partial charge in [0.05, 0.1) is 5.69 Å². The van der Waals surface area contributed by atoms with Gasteiger partial charge in [-0.1, -0.05) is 18.2 Å². The number of rotatable bonds is 2. The van der Waals surface area contributed by atoms with E-state index in [1.165, 1.54) is 6.33 Å². The maximum atomic E-state index is 9.67. The number of nitrogens with one attached hydrogen (secondary N) is 1. The number of nitrogens with zero attached hydrogens (tertiary/aromatic N) is 2. The van der Waals surface area contributed by atoms with E-state index in [2.05, 4.69) is 15.3 Å². The Balaban J connectivity index is 2.29. The smallest absolute Gasteiger partial charge is 0.180 e. The monoisotopic (exact) mass is 201 g/mol. The van der Waals surface area contributed by atoms with Crippen LogP contribution in [-0.4, -0.2) is 15.1 Å². The fourth-order valence-corrected chi connectivity index (χ4v) is 1.22. The van der Waals surface area contributed by atoms with Gasteiger partial charge in [0, 0.05) is 5.69 Å². The number of hydrogen-bond acceptors (Lipinski definition) is 4. The zero-order valence-corrected chi connectivity index (χ0v) is 8.31. The Morgan fingerprint density at radius 3 is 2.60 bits per heavy atom. The Morgan fingerprint density at radius 2 is 1.87 bits per heavy atom. The van der Waals surface area contributed by atoms with Gasteiger partial charge >= 0.3 is 0 Å². The summed E-state index contributed by atoms with van der Waals surface area (Å²) >= 11 is 0. The van der Waals surface area contributed by atoms with E-state index in [9.17, 15) is 5.11 Å². The SMILES string of the molecule is Cc1ncnc(Nc2ccccc2)c1O. The summed E-state index contributed by atoms with van der Waals surface area (Å²) in [5.74, 6) is 0.509. The molecule has 2 N–H and O–H groups in total. The molecule has 76 valence electrons. The highest BCUT2D eigenvalue weighted by atomic mass is 16.3. The van der Waals surface area contributed by atoms with Crippen LogP contribution in [0.2, 0.25) is 0 Å². The molecule has 0 amide bonds. The molecule has 2 rings (SSSR count). The molecule has 0 saturated heterocycles. The summed E-state index contributed by atoms with van der Waals surface area (Å²) in [6.07, 6.45) is 1.42. The number of aryl methyl sites for hydroxylation is 1. The number of hydrogen-bond donors (Lipinski definition) is 2. The standard InChI is InChI=1S/C11H11N3O/c1-8-10(15)11(13-7-12-8)14-9-5-3-2-4-6-9/h2-7,15H,1H3,(H,12,13,14). The van der Waals surface area contributed by atoms with Gasteiger partial charge < -0.3 is 10.4 Å². The molecule has 0 aliphatic carbocycles. The molecule has 0 aliphatic rings. The lowest BCUT2D eigenvalue weighted by Crippen LogP contribution is -1.96. The Kier molecular flexibility index (Phi) is 2.49. The van der Waals surface area contributed by atoms with E-state index in [1.54, 1.807) is 6.92 Å². The highest BCUT2D eigenvalue weighted by molar-refractivity contribution is 5.62. The Hall–Kier alpha value is -2.10. The van der Waals surface area contributed by atoms with E-state index in [0.29, 0.717) is 11.5 Å². The molecular formula is C11H11N3O. The zero-order valence-electron chi connectivity index (χ0n) is 8.31. The van der Waals surface area contributed by atoms with Gasteiger partial charge in [-0.3, -0.25) is 0 Å². The minimum absolute atomic E-state index is 0.0846. The van der Waals surface area contributed by atoms with E-state index in [0.717, 1.165) is 5.69 Å². The summed E-state index contributed by atoms with van der Waals surface area (Å²) in [5.41, 5.74) is 1.44. The molecule has 0 saturated carbocycles. The second-order valence-electron chi connectivity index (χ2n) is 3.15. The van der Waals surface area contributed by atoms with Gasteiger partial charge in [0.25, 0.3) is 0 Å². The van der Waals surface area contributed by atoms with Crippen molar-refractivity contribution < 1.29 is 5.11 Å². The Bertz CT molecular complexity index is 457. The predicted octanol–water partition coefficient (Wildman–Crippen LogP) is 2.23. The normalized spacial score (nSPS) is 9.93. The topological polar surface area (TPSA) is 58.0 Å². The summed E-state index contributed by atoms with van der Waals surface area (Å²) < 4.78 is 0. The number of benzene rings is 1. The maximum absolute atomic E-state index is 9.67. The second-order valence-corrected chi connectivity index (χ2v) is 3.15. The van der Waals surface area contributed by atoms with Crippen molar-refractivity contribution in [2.45, 2.75) is 6.92 Å². The van der Waals surface area contributed by atoms with E-state index in [4.69, 9.17) is 0 Å². The summed E-state index contributed by atoms with van der Waals surface area (Å²) in [4.78, 5) is 7.84. The van der Waals surface area contributed by atoms with Crippen LogP contribution in [0.5, 0.6) is 5.75 Å². The molecule has 0 radical (unpaired) electrons. The predicted molar refractivity (Wildman–Crippen MR) is 58.2 cm³/mol. The molecule has 0 bridgehead atoms. The molecular weight excluding hydrogens is 190 g/mol. The molecule has 0 spiro atoms. The average molecular weight is 201 g/mol. The average Bonchev–Trinajstić information content (AvgIpc) is 2.26. The molecule has 0 fully saturated rings. The fourth-order valence-electron chi connectivity index (χ4n) is 1.22. The van der Waals surface area contributed by atoms with E-state index >= 15 is 0 Å². The molecule has 0 aliphatic heterocycles. The highest BCUT2D eigenvalue weighted by Crippen LogP contribution is 2.25. The van der Waals surface area contributed by atoms with Crippen LogP contribution in [0.3, 0.4) is 0 Å². The van der Waals surface area contributed by atoms with Crippen LogP contribution in [0, 0.1) is 6.92 Å². The van der Waals surface area contributed by atoms with Crippen LogP contribution in [0.1, 0.15) is 5.69 Å². The first kappa shape index (κ1) is 9.45. The Labute approximate surface area is 87.6 Å². The van der Waals surface area contributed by atoms with E-state index in [1.807, 2.05) is 30.3 Å². The number of aromatic hydroxyl groups is 1. The largest absolute Gasteiger partial charge is 0.503 e. The van der Waals surface area contributed by atoms with Crippen LogP contribution >= 0.6 is 0 Å². The summed E-state index contributed by atoms with van der Waals surface area (Å²) in [6, 6.07) is 9.55. The van der Waals surface area contributed by atoms with Gasteiger partial charge in [0.1, 0.15) is 6.33 Å². The van der Waals surface area contributed by atoms with Crippen LogP contribution in [-0.2, 0) is 0 Å². The third-order valence-corrected chi connectivity index (χ3v) is 2.04. The molecule has 4 nitrogen and oxygen atoms in total.